The van der Waals surface area contributed by atoms with Gasteiger partial charge in [-0.05, 0) is 154 Å². The van der Waals surface area contributed by atoms with Crippen molar-refractivity contribution in [2.45, 2.75) is 40.4 Å². The summed E-state index contributed by atoms with van der Waals surface area (Å²) in [4.78, 5) is 0. The summed E-state index contributed by atoms with van der Waals surface area (Å²) < 4.78 is 36.7. The van der Waals surface area contributed by atoms with Gasteiger partial charge in [-0.3, -0.25) is 0 Å². The van der Waals surface area contributed by atoms with Gasteiger partial charge in [0, 0.05) is 133 Å². The molecule has 18 heteroatoms. The lowest BCUT2D eigenvalue weighted by Gasteiger charge is -2.06. The molecular weight excluding hydrogens is 1230 g/mol. The van der Waals surface area contributed by atoms with Crippen LogP contribution in [0.1, 0.15) is 43.0 Å². The van der Waals surface area contributed by atoms with Gasteiger partial charge in [0.1, 0.15) is 53.0 Å². The van der Waals surface area contributed by atoms with Gasteiger partial charge in [0.2, 0.25) is 0 Å². The molecule has 0 aliphatic heterocycles. The van der Waals surface area contributed by atoms with Gasteiger partial charge in [-0.2, -0.15) is 21.0 Å². The molecule has 0 fully saturated rings. The smallest absolute Gasteiger partial charge is 0.167 e. The minimum atomic E-state index is 0.632. The van der Waals surface area contributed by atoms with Crippen LogP contribution < -0.4 is 18.9 Å². The van der Waals surface area contributed by atoms with Gasteiger partial charge in [-0.15, -0.1) is 0 Å². The summed E-state index contributed by atoms with van der Waals surface area (Å²) in [5.74, 6) is 4.00. The molecule has 0 aliphatic rings. The lowest BCUT2D eigenvalue weighted by molar-refractivity contribution is 0.414. The van der Waals surface area contributed by atoms with E-state index in [1.165, 1.54) is 0 Å². The fourth-order valence-corrected chi connectivity index (χ4v) is 11.4. The number of benzene rings is 8. The summed E-state index contributed by atoms with van der Waals surface area (Å²) in [6.45, 7) is 8.79. The first kappa shape index (κ1) is 64.7. The highest BCUT2D eigenvalue weighted by molar-refractivity contribution is 6.32. The molecule has 8 aromatic carbocycles. The summed E-state index contributed by atoms with van der Waals surface area (Å²) in [5, 5.41) is 47.5. The van der Waals surface area contributed by atoms with E-state index in [0.29, 0.717) is 37.3 Å². The minimum Gasteiger partial charge on any atom is -0.497 e. The van der Waals surface area contributed by atoms with E-state index < -0.39 is 0 Å². The molecule has 0 N–H and O–H groups in total. The van der Waals surface area contributed by atoms with E-state index in [0.717, 1.165) is 131 Å². The maximum absolute atomic E-state index is 9.23. The summed E-state index contributed by atoms with van der Waals surface area (Å²) in [6, 6.07) is 64.7. The second-order valence-corrected chi connectivity index (χ2v) is 22.2. The first-order valence-corrected chi connectivity index (χ1v) is 30.6. The van der Waals surface area contributed by atoms with Crippen molar-refractivity contribution in [1.82, 2.24) is 28.0 Å². The Bertz CT molecular complexity index is 5140. The number of nitriles is 4. The molecule has 0 saturated carbocycles. The number of hydrogen-bond acceptors (Lipinski definition) is 10. The van der Waals surface area contributed by atoms with Gasteiger partial charge in [0.15, 0.2) is 5.76 Å². The number of methoxy groups -OCH3 is 4. The monoisotopic (exact) mass is 1290 g/mol. The Morgan fingerprint density at radius 2 is 0.806 bits per heavy atom. The molecule has 93 heavy (non-hydrogen) atoms. The lowest BCUT2D eigenvalue weighted by Crippen LogP contribution is -1.92. The SMILES string of the molecule is CCn1cc(-c2cc(-c3ccc(OC)cc3)on2)c2ccc(OC)cc21.CCn1cc(C#N)c2cc(Cl)ccc21.CCn1cc(C#N)c2ccc(Cl)cc21.COc1ccc(-n2cc(C#N)c3ccc(Cl)cc32)cc1.COc1ccc(-n2cc(C#N)c3ccccc32)cc1. The van der Waals surface area contributed by atoms with Crippen LogP contribution in [-0.2, 0) is 19.6 Å². The fourth-order valence-electron chi connectivity index (χ4n) is 10.9. The van der Waals surface area contributed by atoms with Gasteiger partial charge >= 0.3 is 0 Å². The predicted octanol–water partition coefficient (Wildman–Crippen LogP) is 19.0. The van der Waals surface area contributed by atoms with Crippen molar-refractivity contribution in [2.24, 2.45) is 0 Å². The number of ether oxygens (including phenoxy) is 4. The summed E-state index contributed by atoms with van der Waals surface area (Å²) in [6.07, 6.45) is 9.52. The van der Waals surface area contributed by atoms with Crippen LogP contribution in [0, 0.1) is 45.3 Å². The Morgan fingerprint density at radius 1 is 0.387 bits per heavy atom. The van der Waals surface area contributed by atoms with E-state index in [9.17, 15) is 10.5 Å². The Hall–Kier alpha value is -11.3. The van der Waals surface area contributed by atoms with Crippen LogP contribution in [0.4, 0.5) is 0 Å². The average molecular weight is 1290 g/mol. The van der Waals surface area contributed by atoms with E-state index in [2.05, 4.69) is 60.1 Å². The van der Waals surface area contributed by atoms with Crippen LogP contribution in [0.15, 0.2) is 211 Å². The maximum Gasteiger partial charge on any atom is 0.167 e. The highest BCUT2D eigenvalue weighted by Crippen LogP contribution is 2.36. The standard InChI is InChI=1S/C21H20N2O3.C16H11ClN2O.C16H12N2O.2C11H9ClN2/c1-4-23-13-18(17-10-9-16(25-3)11-20(17)23)19-12-21(26-22-19)14-5-7-15(24-2)8-6-14;1-20-14-5-3-13(4-6-14)19-10-11(9-18)15-7-2-12(17)8-16(15)19;1-19-14-8-6-13(7-9-14)18-11-12(10-17)15-4-2-3-5-16(15)18;1-2-14-7-8(6-13)10-5-9(12)3-4-11(10)14;1-2-14-7-8(6-13)10-4-3-9(12)5-11(10)14/h5-13H,4H2,1-3H3;2-8,10H,1H3;2-9,11H,1H3;2*3-5,7H,2H2,1H3. The third-order valence-electron chi connectivity index (χ3n) is 15.6. The third-order valence-corrected chi connectivity index (χ3v) is 16.3. The molecule has 6 aromatic heterocycles. The first-order chi connectivity index (χ1) is 45.3. The number of halogens is 3. The summed E-state index contributed by atoms with van der Waals surface area (Å²) in [5.41, 5.74) is 12.7. The molecule has 0 bridgehead atoms. The van der Waals surface area contributed by atoms with Crippen LogP contribution in [0.3, 0.4) is 0 Å². The molecule has 14 aromatic rings. The predicted molar refractivity (Wildman–Crippen MR) is 370 cm³/mol. The fraction of sp³-hybridized carbons (Fsp3) is 0.133. The van der Waals surface area contributed by atoms with Crippen LogP contribution in [-0.4, -0.2) is 56.4 Å². The summed E-state index contributed by atoms with van der Waals surface area (Å²) >= 11 is 17.8. The highest BCUT2D eigenvalue weighted by Gasteiger charge is 2.17. The van der Waals surface area contributed by atoms with Gasteiger partial charge < -0.3 is 46.3 Å². The highest BCUT2D eigenvalue weighted by atomic mass is 35.5. The van der Waals surface area contributed by atoms with Crippen molar-refractivity contribution >= 4 is 89.3 Å². The molecule has 14 rings (SSSR count). The summed E-state index contributed by atoms with van der Waals surface area (Å²) in [7, 11) is 6.61. The number of aromatic nitrogens is 6. The van der Waals surface area contributed by atoms with E-state index in [-0.39, 0.29) is 0 Å². The average Bonchev–Trinajstić information content (AvgIpc) is 1.87. The molecule has 0 amide bonds. The van der Waals surface area contributed by atoms with E-state index >= 15 is 0 Å². The van der Waals surface area contributed by atoms with Crippen molar-refractivity contribution in [3.63, 3.8) is 0 Å². The van der Waals surface area contributed by atoms with E-state index in [1.807, 2.05) is 214 Å². The van der Waals surface area contributed by atoms with Crippen LogP contribution in [0.25, 0.3) is 88.5 Å². The number of fused-ring (bicyclic) bond motifs is 5. The Kier molecular flexibility index (Phi) is 20.6. The molecule has 6 heterocycles. The molecule has 0 spiro atoms. The number of nitrogens with zero attached hydrogens (tertiary/aromatic N) is 10. The molecule has 0 unspecified atom stereocenters. The second kappa shape index (κ2) is 29.6. The van der Waals surface area contributed by atoms with E-state index in [4.69, 9.17) is 68.8 Å². The molecular formula is C75H61Cl3N10O5. The number of rotatable bonds is 11. The number of aryl methyl sites for hydroxylation is 3. The van der Waals surface area contributed by atoms with Crippen molar-refractivity contribution in [3.8, 4) is 81.2 Å². The van der Waals surface area contributed by atoms with Crippen molar-refractivity contribution in [3.05, 3.63) is 244 Å². The van der Waals surface area contributed by atoms with Gasteiger partial charge in [0.25, 0.3) is 0 Å². The van der Waals surface area contributed by atoms with Crippen LogP contribution in [0.2, 0.25) is 15.1 Å². The molecule has 462 valence electrons. The molecule has 0 aliphatic carbocycles. The van der Waals surface area contributed by atoms with E-state index in [1.54, 1.807) is 34.5 Å². The Balaban J connectivity index is 0.000000130. The van der Waals surface area contributed by atoms with Gasteiger partial charge in [-0.25, -0.2) is 0 Å². The third kappa shape index (κ3) is 14.0. The van der Waals surface area contributed by atoms with Crippen LogP contribution in [0.5, 0.6) is 23.0 Å². The van der Waals surface area contributed by atoms with Crippen LogP contribution >= 0.6 is 34.8 Å². The van der Waals surface area contributed by atoms with Gasteiger partial charge in [0.05, 0.1) is 72.8 Å². The van der Waals surface area contributed by atoms with Crippen molar-refractivity contribution < 1.29 is 23.5 Å². The largest absolute Gasteiger partial charge is 0.497 e. The number of hydrogen-bond donors (Lipinski definition) is 0. The Labute approximate surface area is 552 Å². The molecule has 0 atom stereocenters. The Morgan fingerprint density at radius 3 is 1.35 bits per heavy atom. The zero-order valence-corrected chi connectivity index (χ0v) is 54.2. The lowest BCUT2D eigenvalue weighted by atomic mass is 10.1. The zero-order chi connectivity index (χ0) is 65.7. The van der Waals surface area contributed by atoms with Gasteiger partial charge in [-0.1, -0.05) is 70.3 Å². The first-order valence-electron chi connectivity index (χ1n) is 29.5. The quantitative estimate of drug-likeness (QED) is 0.121. The molecule has 15 nitrogen and oxygen atoms in total. The minimum absolute atomic E-state index is 0.632. The molecule has 0 saturated heterocycles. The second-order valence-electron chi connectivity index (χ2n) is 20.8. The normalized spacial score (nSPS) is 10.6. The molecule has 0 radical (unpaired) electrons. The maximum atomic E-state index is 9.23. The van der Waals surface area contributed by atoms with Crippen molar-refractivity contribution in [2.75, 3.05) is 28.4 Å². The van der Waals surface area contributed by atoms with Crippen molar-refractivity contribution in [1.29, 1.82) is 21.0 Å². The topological polar surface area (TPSA) is 183 Å². The zero-order valence-electron chi connectivity index (χ0n) is 51.9. The number of para-hydroxylation sites is 1.